The summed E-state index contributed by atoms with van der Waals surface area (Å²) in [5, 5.41) is 5.92. The third-order valence-electron chi connectivity index (χ3n) is 6.03. The molecule has 0 amide bonds. The second-order valence-corrected chi connectivity index (χ2v) is 10.5. The van der Waals surface area contributed by atoms with E-state index in [0.717, 1.165) is 24.8 Å². The number of pyridine rings is 1. The highest BCUT2D eigenvalue weighted by Gasteiger charge is 2.34. The van der Waals surface area contributed by atoms with Crippen molar-refractivity contribution >= 4 is 27.6 Å². The molecule has 0 radical (unpaired) electrons. The van der Waals surface area contributed by atoms with Crippen LogP contribution in [0.5, 0.6) is 0 Å². The van der Waals surface area contributed by atoms with E-state index in [9.17, 15) is 18.0 Å². The number of H-pyrrole nitrogens is 1. The minimum absolute atomic E-state index is 0.0934. The van der Waals surface area contributed by atoms with Crippen molar-refractivity contribution in [3.63, 3.8) is 0 Å². The van der Waals surface area contributed by atoms with Crippen molar-refractivity contribution in [3.05, 3.63) is 74.2 Å². The third kappa shape index (κ3) is 5.31. The van der Waals surface area contributed by atoms with Gasteiger partial charge in [-0.1, -0.05) is 36.7 Å². The monoisotopic (exact) mass is 520 g/mol. The maximum atomic E-state index is 13.4. The van der Waals surface area contributed by atoms with Crippen LogP contribution in [0.2, 0.25) is 5.02 Å². The molecule has 10 nitrogen and oxygen atoms in total. The predicted octanol–water partition coefficient (Wildman–Crippen LogP) is 3.35. The number of carbonyl (C=O) groups is 1. The summed E-state index contributed by atoms with van der Waals surface area (Å²) in [7, 11) is -4.24. The minimum atomic E-state index is -4.24. The number of sulfonamides is 1. The lowest BCUT2D eigenvalue weighted by molar-refractivity contribution is -0.146. The number of esters is 1. The van der Waals surface area contributed by atoms with Crippen LogP contribution in [0.15, 0.2) is 44.6 Å². The van der Waals surface area contributed by atoms with Gasteiger partial charge >= 0.3 is 11.7 Å². The summed E-state index contributed by atoms with van der Waals surface area (Å²) in [6.07, 6.45) is 2.00. The molecule has 186 valence electrons. The Balaban J connectivity index is 1.72. The lowest BCUT2D eigenvalue weighted by Crippen LogP contribution is -2.33. The first-order valence-corrected chi connectivity index (χ1v) is 12.9. The number of halogens is 1. The number of nitrogens with one attached hydrogen (secondary N) is 2. The van der Waals surface area contributed by atoms with Crippen LogP contribution in [-0.2, 0) is 32.4 Å². The second-order valence-electron chi connectivity index (χ2n) is 8.45. The summed E-state index contributed by atoms with van der Waals surface area (Å²) >= 11 is 6.18. The fraction of sp³-hybridized carbons (Fsp3) is 0.391. The van der Waals surface area contributed by atoms with Gasteiger partial charge in [0.2, 0.25) is 5.89 Å². The Hall–Kier alpha value is -3.02. The Kier molecular flexibility index (Phi) is 7.11. The van der Waals surface area contributed by atoms with E-state index in [1.54, 1.807) is 6.92 Å². The first-order chi connectivity index (χ1) is 16.6. The molecule has 4 rings (SSSR count). The molecule has 0 saturated carbocycles. The van der Waals surface area contributed by atoms with Crippen LogP contribution in [0.1, 0.15) is 73.5 Å². The molecule has 0 saturated heterocycles. The molecule has 1 unspecified atom stereocenters. The topological polar surface area (TPSA) is 144 Å². The lowest BCUT2D eigenvalue weighted by Gasteiger charge is -2.24. The van der Waals surface area contributed by atoms with Gasteiger partial charge in [-0.2, -0.15) is 4.72 Å². The van der Waals surface area contributed by atoms with Gasteiger partial charge in [0.15, 0.2) is 5.03 Å². The molecule has 1 aliphatic rings. The molecule has 2 aromatic heterocycles. The number of carbonyl (C=O) groups excluding carboxylic acids is 1. The number of rotatable bonds is 8. The summed E-state index contributed by atoms with van der Waals surface area (Å²) in [5.41, 5.74) is 3.44. The van der Waals surface area contributed by atoms with Crippen molar-refractivity contribution in [1.29, 1.82) is 0 Å². The van der Waals surface area contributed by atoms with Gasteiger partial charge in [-0.3, -0.25) is 4.79 Å². The van der Waals surface area contributed by atoms with Gasteiger partial charge in [-0.15, -0.1) is 5.10 Å². The summed E-state index contributed by atoms with van der Waals surface area (Å²) in [4.78, 5) is 27.2. The van der Waals surface area contributed by atoms with Crippen molar-refractivity contribution in [2.75, 3.05) is 0 Å². The number of aryl methyl sites for hydroxylation is 1. The average Bonchev–Trinajstić information content (AvgIpc) is 3.45. The SMILES string of the molecule is CC(=O)OC(C)c1nc(S(=O)(=O)N[C@H](c2n[nH]c(=O)o2)[C@H](C)c2cccc3c2CCC3)ccc1Cl. The fourth-order valence-electron chi connectivity index (χ4n) is 4.40. The van der Waals surface area contributed by atoms with Crippen molar-refractivity contribution in [2.24, 2.45) is 0 Å². The number of aromatic amines is 1. The van der Waals surface area contributed by atoms with Gasteiger partial charge in [-0.05, 0) is 55.0 Å². The number of ether oxygens (including phenoxy) is 1. The molecule has 0 aliphatic heterocycles. The molecule has 0 fully saturated rings. The number of hydrogen-bond donors (Lipinski definition) is 2. The van der Waals surface area contributed by atoms with Crippen LogP contribution in [0, 0.1) is 0 Å². The Morgan fingerprint density at radius 2 is 2.00 bits per heavy atom. The zero-order valence-corrected chi connectivity index (χ0v) is 20.9. The quantitative estimate of drug-likeness (QED) is 0.430. The molecule has 3 aromatic rings. The Morgan fingerprint density at radius 1 is 1.23 bits per heavy atom. The molecule has 12 heteroatoms. The molecule has 35 heavy (non-hydrogen) atoms. The summed E-state index contributed by atoms with van der Waals surface area (Å²) in [6.45, 7) is 4.62. The van der Waals surface area contributed by atoms with E-state index in [4.69, 9.17) is 20.8 Å². The number of nitrogens with zero attached hydrogens (tertiary/aromatic N) is 2. The lowest BCUT2D eigenvalue weighted by atomic mass is 9.88. The summed E-state index contributed by atoms with van der Waals surface area (Å²) in [6, 6.07) is 7.56. The zero-order chi connectivity index (χ0) is 25.3. The third-order valence-corrected chi connectivity index (χ3v) is 7.69. The largest absolute Gasteiger partial charge is 0.456 e. The standard InChI is InChI=1S/C23H25ClN4O6S/c1-12(16-8-4-6-15-7-5-9-17(15)16)20(22-26-27-23(30)34-22)28-35(31,32)19-11-10-18(24)21(25-19)13(2)33-14(3)29/h4,6,8,10-13,20,28H,5,7,9H2,1-3H3,(H,27,30)/t12-,13?,20+/m1/s1. The van der Waals surface area contributed by atoms with Crippen LogP contribution in [0.3, 0.4) is 0 Å². The number of fused-ring (bicyclic) bond motifs is 1. The van der Waals surface area contributed by atoms with E-state index < -0.39 is 39.8 Å². The smallest absolute Gasteiger partial charge is 0.434 e. The summed E-state index contributed by atoms with van der Waals surface area (Å²) in [5.74, 6) is -1.86. The predicted molar refractivity (Wildman–Crippen MR) is 126 cm³/mol. The van der Waals surface area contributed by atoms with Gasteiger partial charge in [0.25, 0.3) is 10.0 Å². The van der Waals surface area contributed by atoms with E-state index in [0.29, 0.717) is 0 Å². The first-order valence-electron chi connectivity index (χ1n) is 11.1. The van der Waals surface area contributed by atoms with Crippen LogP contribution < -0.4 is 10.5 Å². The summed E-state index contributed by atoms with van der Waals surface area (Å²) < 4.78 is 39.7. The molecule has 2 heterocycles. The number of aromatic nitrogens is 3. The van der Waals surface area contributed by atoms with Crippen molar-refractivity contribution in [1.82, 2.24) is 19.9 Å². The van der Waals surface area contributed by atoms with E-state index in [2.05, 4.69) is 26.0 Å². The highest BCUT2D eigenvalue weighted by molar-refractivity contribution is 7.89. The molecule has 2 N–H and O–H groups in total. The molecular formula is C23H25ClN4O6S. The second kappa shape index (κ2) is 9.92. The molecule has 0 spiro atoms. The minimum Gasteiger partial charge on any atom is -0.456 e. The Morgan fingerprint density at radius 3 is 2.69 bits per heavy atom. The Labute approximate surface area is 207 Å². The van der Waals surface area contributed by atoms with Crippen LogP contribution in [-0.4, -0.2) is 29.6 Å². The van der Waals surface area contributed by atoms with Gasteiger partial charge in [0.1, 0.15) is 17.8 Å². The molecule has 1 aromatic carbocycles. The van der Waals surface area contributed by atoms with E-state index in [-0.39, 0.29) is 21.6 Å². The van der Waals surface area contributed by atoms with E-state index in [1.807, 2.05) is 19.1 Å². The molecular weight excluding hydrogens is 496 g/mol. The molecule has 1 aliphatic carbocycles. The first kappa shape index (κ1) is 25.1. The maximum absolute atomic E-state index is 13.4. The van der Waals surface area contributed by atoms with Crippen LogP contribution in [0.25, 0.3) is 0 Å². The zero-order valence-electron chi connectivity index (χ0n) is 19.4. The maximum Gasteiger partial charge on any atom is 0.434 e. The number of benzene rings is 1. The van der Waals surface area contributed by atoms with Crippen molar-refractivity contribution in [3.8, 4) is 0 Å². The van der Waals surface area contributed by atoms with Crippen molar-refractivity contribution < 1.29 is 22.4 Å². The fourth-order valence-corrected chi connectivity index (χ4v) is 5.89. The van der Waals surface area contributed by atoms with E-state index >= 15 is 0 Å². The van der Waals surface area contributed by atoms with Crippen molar-refractivity contribution in [2.45, 2.75) is 63.1 Å². The normalized spacial score (nSPS) is 15.9. The highest BCUT2D eigenvalue weighted by Crippen LogP contribution is 2.37. The van der Waals surface area contributed by atoms with Gasteiger partial charge < -0.3 is 9.15 Å². The average molecular weight is 521 g/mol. The molecule has 0 bridgehead atoms. The van der Waals surface area contributed by atoms with Crippen LogP contribution >= 0.6 is 11.6 Å². The number of hydrogen-bond acceptors (Lipinski definition) is 8. The van der Waals surface area contributed by atoms with Gasteiger partial charge in [0, 0.05) is 12.8 Å². The van der Waals surface area contributed by atoms with Gasteiger partial charge in [-0.25, -0.2) is 23.3 Å². The van der Waals surface area contributed by atoms with Gasteiger partial charge in [0.05, 0.1) is 5.02 Å². The van der Waals surface area contributed by atoms with Crippen LogP contribution in [0.4, 0.5) is 0 Å². The van der Waals surface area contributed by atoms with E-state index in [1.165, 1.54) is 30.2 Å². The molecule has 3 atom stereocenters. The highest BCUT2D eigenvalue weighted by atomic mass is 35.5. The Bertz CT molecular complexity index is 1420.